The predicted molar refractivity (Wildman–Crippen MR) is 44.3 cm³/mol. The lowest BCUT2D eigenvalue weighted by Crippen LogP contribution is -2.16. The quantitative estimate of drug-likeness (QED) is 0.369. The molecule has 0 N–H and O–H groups in total. The maximum Gasteiger partial charge on any atom is 0.379 e. The lowest BCUT2D eigenvalue weighted by atomic mass is 10.2. The molecule has 0 unspecified atom stereocenters. The van der Waals surface area contributed by atoms with E-state index in [-0.39, 0.29) is 5.56 Å². The highest BCUT2D eigenvalue weighted by Gasteiger charge is 2.20. The first-order chi connectivity index (χ1) is 6.07. The number of hydrogen-bond donors (Lipinski definition) is 0. The average molecular weight is 182 g/mol. The molecule has 70 valence electrons. The Kier molecular flexibility index (Phi) is 2.46. The maximum atomic E-state index is 11.3. The Hall–Kier alpha value is -1.65. The van der Waals surface area contributed by atoms with Gasteiger partial charge in [0.15, 0.2) is 0 Å². The Bertz CT molecular complexity index is 354. The van der Waals surface area contributed by atoms with Crippen LogP contribution in [0.4, 0.5) is 0 Å². The van der Waals surface area contributed by atoms with Crippen LogP contribution < -0.4 is 0 Å². The number of rotatable bonds is 2. The number of aromatic nitrogens is 2. The molecule has 0 bridgehead atoms. The van der Waals surface area contributed by atoms with Crippen LogP contribution >= 0.6 is 0 Å². The molecule has 1 aromatic heterocycles. The molecule has 5 heteroatoms. The Labute approximate surface area is 75.3 Å². The van der Waals surface area contributed by atoms with Gasteiger partial charge in [-0.15, -0.1) is 0 Å². The fourth-order valence-electron chi connectivity index (χ4n) is 0.924. The molecule has 0 fully saturated rings. The zero-order valence-corrected chi connectivity index (χ0v) is 7.70. The van der Waals surface area contributed by atoms with Crippen LogP contribution in [0, 0.1) is 6.92 Å². The van der Waals surface area contributed by atoms with Crippen molar-refractivity contribution in [1.29, 1.82) is 0 Å². The number of carbonyl (C=O) groups excluding carboxylic acids is 2. The molecule has 0 aliphatic heterocycles. The van der Waals surface area contributed by atoms with E-state index in [4.69, 9.17) is 0 Å². The van der Waals surface area contributed by atoms with Gasteiger partial charge in [-0.25, -0.2) is 4.79 Å². The summed E-state index contributed by atoms with van der Waals surface area (Å²) in [5.74, 6) is -1.52. The molecule has 0 aromatic carbocycles. The summed E-state index contributed by atoms with van der Waals surface area (Å²) >= 11 is 0. The van der Waals surface area contributed by atoms with Crippen molar-refractivity contribution in [2.45, 2.75) is 6.92 Å². The van der Waals surface area contributed by atoms with E-state index in [1.807, 2.05) is 0 Å². The second-order valence-electron chi connectivity index (χ2n) is 2.59. The third-order valence-corrected chi connectivity index (χ3v) is 1.85. The van der Waals surface area contributed by atoms with Crippen molar-refractivity contribution in [1.82, 2.24) is 9.78 Å². The zero-order chi connectivity index (χ0) is 10.0. The van der Waals surface area contributed by atoms with Crippen molar-refractivity contribution in [2.24, 2.45) is 7.05 Å². The van der Waals surface area contributed by atoms with E-state index in [1.54, 1.807) is 14.0 Å². The number of aryl methyl sites for hydroxylation is 1. The summed E-state index contributed by atoms with van der Waals surface area (Å²) in [6.45, 7) is 1.71. The van der Waals surface area contributed by atoms with E-state index in [2.05, 4.69) is 9.84 Å². The van der Waals surface area contributed by atoms with Crippen LogP contribution in [0.25, 0.3) is 0 Å². The monoisotopic (exact) mass is 182 g/mol. The second-order valence-corrected chi connectivity index (χ2v) is 2.59. The molecule has 1 rings (SSSR count). The Morgan fingerprint density at radius 1 is 1.54 bits per heavy atom. The molecule has 1 aromatic rings. The van der Waals surface area contributed by atoms with Crippen LogP contribution in [-0.4, -0.2) is 28.6 Å². The van der Waals surface area contributed by atoms with Gasteiger partial charge in [-0.1, -0.05) is 0 Å². The van der Waals surface area contributed by atoms with Gasteiger partial charge in [0, 0.05) is 12.7 Å². The molecule has 5 nitrogen and oxygen atoms in total. The molecular weight excluding hydrogens is 172 g/mol. The fourth-order valence-corrected chi connectivity index (χ4v) is 0.924. The van der Waals surface area contributed by atoms with Gasteiger partial charge in [-0.05, 0) is 6.92 Å². The van der Waals surface area contributed by atoms with Gasteiger partial charge < -0.3 is 4.74 Å². The Morgan fingerprint density at radius 2 is 2.15 bits per heavy atom. The molecule has 0 atom stereocenters. The molecule has 0 amide bonds. The lowest BCUT2D eigenvalue weighted by molar-refractivity contribution is -0.135. The van der Waals surface area contributed by atoms with Crippen molar-refractivity contribution in [3.05, 3.63) is 17.5 Å². The van der Waals surface area contributed by atoms with Gasteiger partial charge in [0.25, 0.3) is 5.78 Å². The number of nitrogens with zero attached hydrogens (tertiary/aromatic N) is 2. The van der Waals surface area contributed by atoms with Crippen LogP contribution in [0.15, 0.2) is 6.20 Å². The molecule has 0 spiro atoms. The molecule has 0 saturated carbocycles. The van der Waals surface area contributed by atoms with Crippen molar-refractivity contribution in [3.63, 3.8) is 0 Å². The van der Waals surface area contributed by atoms with Gasteiger partial charge in [-0.2, -0.15) is 5.10 Å². The predicted octanol–water partition coefficient (Wildman–Crippen LogP) is 0.0842. The maximum absolute atomic E-state index is 11.3. The highest BCUT2D eigenvalue weighted by atomic mass is 16.5. The normalized spacial score (nSPS) is 9.77. The molecule has 0 saturated heterocycles. The summed E-state index contributed by atoms with van der Waals surface area (Å²) in [5, 5.41) is 3.84. The van der Waals surface area contributed by atoms with Gasteiger partial charge in [0.1, 0.15) is 0 Å². The number of ketones is 1. The number of Topliss-reactive ketones (excluding diaryl/α,β-unsaturated/α-hetero) is 1. The highest BCUT2D eigenvalue weighted by Crippen LogP contribution is 2.06. The molecule has 0 aliphatic carbocycles. The minimum Gasteiger partial charge on any atom is -0.463 e. The summed E-state index contributed by atoms with van der Waals surface area (Å²) < 4.78 is 5.83. The fraction of sp³-hybridized carbons (Fsp3) is 0.375. The van der Waals surface area contributed by atoms with Crippen LogP contribution in [0.3, 0.4) is 0 Å². The SMILES string of the molecule is COC(=O)C(=O)c1cnn(C)c1C. The number of carbonyl (C=O) groups is 2. The van der Waals surface area contributed by atoms with Crippen LogP contribution in [0.5, 0.6) is 0 Å². The number of methoxy groups -OCH3 is 1. The van der Waals surface area contributed by atoms with Crippen LogP contribution in [0.1, 0.15) is 16.1 Å². The summed E-state index contributed by atoms with van der Waals surface area (Å²) in [4.78, 5) is 22.1. The minimum absolute atomic E-state index is 0.286. The topological polar surface area (TPSA) is 61.2 Å². The van der Waals surface area contributed by atoms with E-state index >= 15 is 0 Å². The van der Waals surface area contributed by atoms with Crippen molar-refractivity contribution < 1.29 is 14.3 Å². The molecule has 1 heterocycles. The van der Waals surface area contributed by atoms with E-state index in [0.717, 1.165) is 0 Å². The van der Waals surface area contributed by atoms with E-state index in [0.29, 0.717) is 5.69 Å². The molecular formula is C8H10N2O3. The van der Waals surface area contributed by atoms with E-state index in [1.165, 1.54) is 18.0 Å². The largest absolute Gasteiger partial charge is 0.463 e. The summed E-state index contributed by atoms with van der Waals surface area (Å²) in [7, 11) is 2.87. The van der Waals surface area contributed by atoms with Crippen molar-refractivity contribution in [3.8, 4) is 0 Å². The molecule has 0 radical (unpaired) electrons. The van der Waals surface area contributed by atoms with Gasteiger partial charge in [0.2, 0.25) is 0 Å². The number of hydrogen-bond acceptors (Lipinski definition) is 4. The average Bonchev–Trinajstić information content (AvgIpc) is 2.45. The lowest BCUT2D eigenvalue weighted by Gasteiger charge is -1.97. The first-order valence-electron chi connectivity index (χ1n) is 3.69. The Morgan fingerprint density at radius 3 is 2.54 bits per heavy atom. The van der Waals surface area contributed by atoms with Crippen LogP contribution in [0.2, 0.25) is 0 Å². The minimum atomic E-state index is -0.865. The standard InChI is InChI=1S/C8H10N2O3/c1-5-6(4-9-10(5)2)7(11)8(12)13-3/h4H,1-3H3. The number of esters is 1. The van der Waals surface area contributed by atoms with Crippen molar-refractivity contribution in [2.75, 3.05) is 7.11 Å². The third kappa shape index (κ3) is 1.58. The van der Waals surface area contributed by atoms with Crippen LogP contribution in [-0.2, 0) is 16.6 Å². The smallest absolute Gasteiger partial charge is 0.379 e. The van der Waals surface area contributed by atoms with Gasteiger partial charge in [-0.3, -0.25) is 9.48 Å². The summed E-state index contributed by atoms with van der Waals surface area (Å²) in [6.07, 6.45) is 1.36. The molecule has 13 heavy (non-hydrogen) atoms. The third-order valence-electron chi connectivity index (χ3n) is 1.85. The summed E-state index contributed by atoms with van der Waals surface area (Å²) in [5.41, 5.74) is 0.935. The highest BCUT2D eigenvalue weighted by molar-refractivity contribution is 6.40. The first kappa shape index (κ1) is 9.44. The van der Waals surface area contributed by atoms with Crippen molar-refractivity contribution >= 4 is 11.8 Å². The zero-order valence-electron chi connectivity index (χ0n) is 7.70. The Balaban J connectivity index is 3.02. The molecule has 0 aliphatic rings. The van der Waals surface area contributed by atoms with E-state index < -0.39 is 11.8 Å². The second kappa shape index (κ2) is 3.38. The first-order valence-corrected chi connectivity index (χ1v) is 3.69. The van der Waals surface area contributed by atoms with Gasteiger partial charge >= 0.3 is 5.97 Å². The van der Waals surface area contributed by atoms with E-state index in [9.17, 15) is 9.59 Å². The summed E-state index contributed by atoms with van der Waals surface area (Å²) in [6, 6.07) is 0. The number of ether oxygens (including phenoxy) is 1. The van der Waals surface area contributed by atoms with Gasteiger partial charge in [0.05, 0.1) is 18.9 Å².